The van der Waals surface area contributed by atoms with E-state index in [1.807, 2.05) is 6.92 Å². The van der Waals surface area contributed by atoms with Gasteiger partial charge in [0, 0.05) is 5.33 Å². The molecular formula is C5H6Br3N. The van der Waals surface area contributed by atoms with Crippen molar-refractivity contribution in [1.29, 1.82) is 5.26 Å². The average molecular weight is 320 g/mol. The van der Waals surface area contributed by atoms with E-state index in [1.165, 1.54) is 0 Å². The predicted molar refractivity (Wildman–Crippen MR) is 49.2 cm³/mol. The van der Waals surface area contributed by atoms with E-state index in [-0.39, 0.29) is 9.15 Å². The van der Waals surface area contributed by atoms with Crippen molar-refractivity contribution in [2.45, 2.75) is 10.2 Å². The molecule has 0 spiro atoms. The Morgan fingerprint density at radius 2 is 2.11 bits per heavy atom. The van der Waals surface area contributed by atoms with Gasteiger partial charge in [-0.1, -0.05) is 47.8 Å². The van der Waals surface area contributed by atoms with E-state index in [0.29, 0.717) is 5.33 Å². The molecule has 1 unspecified atom stereocenters. The molecule has 0 aromatic carbocycles. The normalized spacial score (nSPS) is 14.6. The number of nitrogens with zero attached hydrogens (tertiary/aromatic N) is 1. The summed E-state index contributed by atoms with van der Waals surface area (Å²) in [5.74, 6) is -0.0446. The third-order valence-corrected chi connectivity index (χ3v) is 5.33. The quantitative estimate of drug-likeness (QED) is 0.718. The van der Waals surface area contributed by atoms with E-state index in [0.717, 1.165) is 0 Å². The van der Waals surface area contributed by atoms with E-state index in [1.54, 1.807) is 0 Å². The molecule has 0 aliphatic rings. The Morgan fingerprint density at radius 3 is 2.22 bits per heavy atom. The van der Waals surface area contributed by atoms with Gasteiger partial charge < -0.3 is 0 Å². The molecule has 0 heterocycles. The average Bonchev–Trinajstić information content (AvgIpc) is 1.86. The van der Waals surface area contributed by atoms with Crippen molar-refractivity contribution >= 4 is 47.8 Å². The molecule has 0 aromatic rings. The molecule has 0 amide bonds. The van der Waals surface area contributed by atoms with Crippen LogP contribution in [0, 0.1) is 17.2 Å². The van der Waals surface area contributed by atoms with Gasteiger partial charge in [0.15, 0.2) is 0 Å². The van der Waals surface area contributed by atoms with E-state index >= 15 is 0 Å². The molecule has 0 radical (unpaired) electrons. The first kappa shape index (κ1) is 9.93. The first-order valence-corrected chi connectivity index (χ1v) is 5.08. The summed E-state index contributed by atoms with van der Waals surface area (Å²) >= 11 is 9.98. The zero-order valence-electron chi connectivity index (χ0n) is 4.87. The van der Waals surface area contributed by atoms with Crippen LogP contribution in [-0.4, -0.2) is 8.56 Å². The lowest BCUT2D eigenvalue weighted by molar-refractivity contribution is 0.719. The summed E-state index contributed by atoms with van der Waals surface area (Å²) in [6.45, 7) is 1.85. The Labute approximate surface area is 80.2 Å². The fraction of sp³-hybridized carbons (Fsp3) is 0.800. The number of alkyl halides is 3. The van der Waals surface area contributed by atoms with Crippen molar-refractivity contribution in [1.82, 2.24) is 0 Å². The van der Waals surface area contributed by atoms with Gasteiger partial charge in [0.05, 0.1) is 12.0 Å². The van der Waals surface area contributed by atoms with Gasteiger partial charge in [-0.15, -0.1) is 0 Å². The van der Waals surface area contributed by atoms with Crippen LogP contribution in [-0.2, 0) is 0 Å². The molecule has 0 saturated carbocycles. The minimum absolute atomic E-state index is 0.0446. The van der Waals surface area contributed by atoms with Gasteiger partial charge >= 0.3 is 0 Å². The van der Waals surface area contributed by atoms with Gasteiger partial charge in [0.25, 0.3) is 0 Å². The Kier molecular flexibility index (Phi) is 4.35. The number of halogens is 3. The van der Waals surface area contributed by atoms with E-state index in [9.17, 15) is 0 Å². The highest BCUT2D eigenvalue weighted by molar-refractivity contribution is 9.26. The lowest BCUT2D eigenvalue weighted by Gasteiger charge is -2.18. The fourth-order valence-electron chi connectivity index (χ4n) is 0.210. The molecule has 0 saturated heterocycles. The number of hydrogen-bond acceptors (Lipinski definition) is 1. The first-order valence-electron chi connectivity index (χ1n) is 2.38. The van der Waals surface area contributed by atoms with E-state index < -0.39 is 0 Å². The molecule has 52 valence electrons. The maximum absolute atomic E-state index is 8.47. The van der Waals surface area contributed by atoms with Gasteiger partial charge in [-0.3, -0.25) is 0 Å². The maximum atomic E-state index is 8.47. The maximum Gasteiger partial charge on any atom is 0.106 e. The van der Waals surface area contributed by atoms with Crippen molar-refractivity contribution < 1.29 is 0 Å². The second kappa shape index (κ2) is 3.95. The minimum Gasteiger partial charge on any atom is -0.198 e. The van der Waals surface area contributed by atoms with Gasteiger partial charge in [-0.25, -0.2) is 0 Å². The second-order valence-electron chi connectivity index (χ2n) is 1.75. The van der Waals surface area contributed by atoms with Crippen LogP contribution in [0.15, 0.2) is 0 Å². The lowest BCUT2D eigenvalue weighted by Crippen LogP contribution is -2.21. The number of hydrogen-bond donors (Lipinski definition) is 0. The zero-order chi connectivity index (χ0) is 7.49. The molecule has 1 atom stereocenters. The molecule has 4 heteroatoms. The Hall–Kier alpha value is 0.930. The van der Waals surface area contributed by atoms with E-state index in [2.05, 4.69) is 53.9 Å². The summed E-state index contributed by atoms with van der Waals surface area (Å²) in [6.07, 6.45) is 0. The molecule has 0 fully saturated rings. The Morgan fingerprint density at radius 1 is 1.67 bits per heavy atom. The molecule has 0 aliphatic carbocycles. The first-order chi connectivity index (χ1) is 4.04. The molecule has 1 nitrogen and oxygen atoms in total. The van der Waals surface area contributed by atoms with Crippen LogP contribution in [0.25, 0.3) is 0 Å². The Bertz CT molecular complexity index is 127. The van der Waals surface area contributed by atoms with Gasteiger partial charge in [0.1, 0.15) is 3.23 Å². The minimum atomic E-state index is -0.269. The SMILES string of the molecule is CC(C#N)C(Br)(Br)CBr. The highest BCUT2D eigenvalue weighted by atomic mass is 79.9. The van der Waals surface area contributed by atoms with Crippen LogP contribution in [0.2, 0.25) is 0 Å². The Balaban J connectivity index is 4.01. The van der Waals surface area contributed by atoms with Crippen LogP contribution in [0.3, 0.4) is 0 Å². The van der Waals surface area contributed by atoms with Crippen molar-refractivity contribution in [3.63, 3.8) is 0 Å². The monoisotopic (exact) mass is 317 g/mol. The van der Waals surface area contributed by atoms with Crippen LogP contribution in [0.4, 0.5) is 0 Å². The van der Waals surface area contributed by atoms with Crippen molar-refractivity contribution in [3.05, 3.63) is 0 Å². The second-order valence-corrected chi connectivity index (χ2v) is 6.20. The molecule has 0 aromatic heterocycles. The predicted octanol–water partition coefficient (Wildman–Crippen LogP) is 3.03. The number of rotatable bonds is 2. The molecule has 9 heavy (non-hydrogen) atoms. The summed E-state index contributed by atoms with van der Waals surface area (Å²) in [5, 5.41) is 9.19. The molecule has 0 bridgehead atoms. The van der Waals surface area contributed by atoms with Crippen molar-refractivity contribution in [2.24, 2.45) is 5.92 Å². The smallest absolute Gasteiger partial charge is 0.106 e. The highest BCUT2D eigenvalue weighted by Gasteiger charge is 2.28. The zero-order valence-corrected chi connectivity index (χ0v) is 9.62. The number of nitriles is 1. The summed E-state index contributed by atoms with van der Waals surface area (Å²) in [4.78, 5) is 0. The van der Waals surface area contributed by atoms with Crippen LogP contribution < -0.4 is 0 Å². The summed E-state index contributed by atoms with van der Waals surface area (Å²) in [5.41, 5.74) is 0. The molecule has 0 N–H and O–H groups in total. The molecule has 0 aliphatic heterocycles. The third kappa shape index (κ3) is 3.01. The summed E-state index contributed by atoms with van der Waals surface area (Å²) in [7, 11) is 0. The summed E-state index contributed by atoms with van der Waals surface area (Å²) < 4.78 is -0.269. The van der Waals surface area contributed by atoms with E-state index in [4.69, 9.17) is 5.26 Å². The lowest BCUT2D eigenvalue weighted by atomic mass is 10.1. The highest BCUT2D eigenvalue weighted by Crippen LogP contribution is 2.35. The summed E-state index contributed by atoms with van der Waals surface area (Å²) in [6, 6.07) is 2.13. The standard InChI is InChI=1S/C5H6Br3N/c1-4(2-9)5(7,8)3-6/h4H,3H2,1H3. The molecule has 0 rings (SSSR count). The largest absolute Gasteiger partial charge is 0.198 e. The van der Waals surface area contributed by atoms with Crippen molar-refractivity contribution in [3.8, 4) is 6.07 Å². The fourth-order valence-corrected chi connectivity index (χ4v) is 0.901. The van der Waals surface area contributed by atoms with Crippen LogP contribution >= 0.6 is 47.8 Å². The third-order valence-electron chi connectivity index (χ3n) is 1.01. The van der Waals surface area contributed by atoms with Gasteiger partial charge in [0.2, 0.25) is 0 Å². The topological polar surface area (TPSA) is 23.8 Å². The van der Waals surface area contributed by atoms with Crippen LogP contribution in [0.1, 0.15) is 6.92 Å². The van der Waals surface area contributed by atoms with Gasteiger partial charge in [-0.05, 0) is 6.92 Å². The van der Waals surface area contributed by atoms with Crippen LogP contribution in [0.5, 0.6) is 0 Å². The van der Waals surface area contributed by atoms with Crippen molar-refractivity contribution in [2.75, 3.05) is 5.33 Å². The molecular weight excluding hydrogens is 314 g/mol. The van der Waals surface area contributed by atoms with Gasteiger partial charge in [-0.2, -0.15) is 5.26 Å².